The number of likely N-dealkylation sites (tertiary alicyclic amines) is 2. The second-order valence-electron chi connectivity index (χ2n) is 8.66. The van der Waals surface area contributed by atoms with Crippen molar-refractivity contribution in [3.05, 3.63) is 42.0 Å². The number of nitrogens with zero attached hydrogens (tertiary/aromatic N) is 2. The fraction of sp³-hybridized carbons (Fsp3) is 0.542. The van der Waals surface area contributed by atoms with Gasteiger partial charge in [0.2, 0.25) is 0 Å². The van der Waals surface area contributed by atoms with Gasteiger partial charge in [-0.3, -0.25) is 4.79 Å². The molecule has 1 atom stereocenters. The molecule has 2 fully saturated rings. The Balaban J connectivity index is 0.00000160. The maximum Gasteiger partial charge on any atom is 0.254 e. The van der Waals surface area contributed by atoms with Crippen molar-refractivity contribution in [2.24, 2.45) is 0 Å². The lowest BCUT2D eigenvalue weighted by molar-refractivity contribution is 0.0747. The SMILES string of the molecule is CC(C)N1CCC(Oc2ccc3cc(C(=O)N4CCCC4C)ccc3c2)CC1.Cl.Cl. The molecule has 1 unspecified atom stereocenters. The van der Waals surface area contributed by atoms with Gasteiger partial charge in [-0.25, -0.2) is 0 Å². The molecule has 6 heteroatoms. The van der Waals surface area contributed by atoms with Crippen molar-refractivity contribution in [3.63, 3.8) is 0 Å². The Kier molecular flexibility index (Phi) is 8.84. The Morgan fingerprint density at radius 3 is 2.27 bits per heavy atom. The summed E-state index contributed by atoms with van der Waals surface area (Å²) in [6.45, 7) is 9.75. The van der Waals surface area contributed by atoms with Crippen LogP contribution >= 0.6 is 24.8 Å². The Bertz CT molecular complexity index is 850. The zero-order chi connectivity index (χ0) is 19.7. The molecule has 2 heterocycles. The van der Waals surface area contributed by atoms with E-state index in [2.05, 4.69) is 43.9 Å². The molecule has 166 valence electrons. The minimum atomic E-state index is 0. The van der Waals surface area contributed by atoms with Gasteiger partial charge in [0.15, 0.2) is 0 Å². The quantitative estimate of drug-likeness (QED) is 0.608. The molecule has 2 saturated heterocycles. The average Bonchev–Trinajstić information content (AvgIpc) is 3.13. The second kappa shape index (κ2) is 10.7. The van der Waals surface area contributed by atoms with Crippen LogP contribution in [0.4, 0.5) is 0 Å². The van der Waals surface area contributed by atoms with E-state index in [1.807, 2.05) is 23.1 Å². The van der Waals surface area contributed by atoms with Crippen LogP contribution in [0.15, 0.2) is 36.4 Å². The predicted molar refractivity (Wildman–Crippen MR) is 129 cm³/mol. The Labute approximate surface area is 192 Å². The molecule has 2 aromatic rings. The molecule has 1 amide bonds. The third-order valence-electron chi connectivity index (χ3n) is 6.38. The fourth-order valence-corrected chi connectivity index (χ4v) is 4.53. The first kappa shape index (κ1) is 24.8. The number of hydrogen-bond donors (Lipinski definition) is 0. The van der Waals surface area contributed by atoms with Crippen LogP contribution in [0.3, 0.4) is 0 Å². The zero-order valence-corrected chi connectivity index (χ0v) is 19.8. The van der Waals surface area contributed by atoms with E-state index in [1.165, 1.54) is 0 Å². The van der Waals surface area contributed by atoms with E-state index in [9.17, 15) is 4.79 Å². The van der Waals surface area contributed by atoms with Crippen LogP contribution in [-0.4, -0.2) is 53.5 Å². The smallest absolute Gasteiger partial charge is 0.254 e. The summed E-state index contributed by atoms with van der Waals surface area (Å²) in [7, 11) is 0. The number of carbonyl (C=O) groups excluding carboxylic acids is 1. The Morgan fingerprint density at radius 2 is 1.63 bits per heavy atom. The number of benzene rings is 2. The van der Waals surface area contributed by atoms with Crippen LogP contribution in [0.1, 0.15) is 56.8 Å². The summed E-state index contributed by atoms with van der Waals surface area (Å²) in [6, 6.07) is 13.2. The van der Waals surface area contributed by atoms with Crippen LogP contribution in [-0.2, 0) is 0 Å². The molecule has 0 saturated carbocycles. The van der Waals surface area contributed by atoms with Gasteiger partial charge in [-0.2, -0.15) is 0 Å². The van der Waals surface area contributed by atoms with Gasteiger partial charge in [0, 0.05) is 37.3 Å². The number of carbonyl (C=O) groups is 1. The summed E-state index contributed by atoms with van der Waals surface area (Å²) in [6.07, 6.45) is 4.67. The molecule has 2 aliphatic rings. The molecular formula is C24H34Cl2N2O2. The highest BCUT2D eigenvalue weighted by atomic mass is 35.5. The minimum Gasteiger partial charge on any atom is -0.490 e. The first-order valence-electron chi connectivity index (χ1n) is 10.8. The second-order valence-corrected chi connectivity index (χ2v) is 8.66. The normalized spacial score (nSPS) is 20.1. The number of ether oxygens (including phenoxy) is 1. The highest BCUT2D eigenvalue weighted by Crippen LogP contribution is 2.27. The summed E-state index contributed by atoms with van der Waals surface area (Å²) in [5.74, 6) is 1.09. The standard InChI is InChI=1S/C24H32N2O2.2ClH/c1-17(2)25-13-10-22(11-14-25)28-23-9-8-19-15-21(7-6-20(19)16-23)24(27)26-12-4-5-18(26)3;;/h6-9,15-18,22H,4-5,10-14H2,1-3H3;2*1H. The first-order valence-corrected chi connectivity index (χ1v) is 10.8. The number of fused-ring (bicyclic) bond motifs is 1. The first-order chi connectivity index (χ1) is 13.5. The predicted octanol–water partition coefficient (Wildman–Crippen LogP) is 5.56. The number of piperidine rings is 1. The van der Waals surface area contributed by atoms with Gasteiger partial charge in [-0.05, 0) is 81.5 Å². The monoisotopic (exact) mass is 452 g/mol. The molecule has 0 N–H and O–H groups in total. The van der Waals surface area contributed by atoms with E-state index in [4.69, 9.17) is 4.74 Å². The lowest BCUT2D eigenvalue weighted by atomic mass is 10.0. The van der Waals surface area contributed by atoms with Gasteiger partial charge in [0.1, 0.15) is 11.9 Å². The molecule has 4 rings (SSSR count). The summed E-state index contributed by atoms with van der Waals surface area (Å²) >= 11 is 0. The third kappa shape index (κ3) is 5.40. The van der Waals surface area contributed by atoms with E-state index in [0.29, 0.717) is 18.2 Å². The summed E-state index contributed by atoms with van der Waals surface area (Å²) in [4.78, 5) is 17.3. The summed E-state index contributed by atoms with van der Waals surface area (Å²) in [5, 5.41) is 2.22. The minimum absolute atomic E-state index is 0. The van der Waals surface area contributed by atoms with Crippen molar-refractivity contribution in [1.82, 2.24) is 9.80 Å². The van der Waals surface area contributed by atoms with Crippen molar-refractivity contribution in [2.45, 2.75) is 64.6 Å². The van der Waals surface area contributed by atoms with Gasteiger partial charge in [-0.1, -0.05) is 12.1 Å². The van der Waals surface area contributed by atoms with E-state index in [-0.39, 0.29) is 30.7 Å². The van der Waals surface area contributed by atoms with E-state index >= 15 is 0 Å². The number of amides is 1. The molecule has 0 radical (unpaired) electrons. The molecule has 0 spiro atoms. The van der Waals surface area contributed by atoms with E-state index < -0.39 is 0 Å². The Hall–Kier alpha value is -1.49. The molecule has 0 aromatic heterocycles. The maximum atomic E-state index is 12.8. The van der Waals surface area contributed by atoms with Gasteiger partial charge < -0.3 is 14.5 Å². The molecular weight excluding hydrogens is 419 g/mol. The van der Waals surface area contributed by atoms with E-state index in [0.717, 1.165) is 67.4 Å². The number of halogens is 2. The van der Waals surface area contributed by atoms with Gasteiger partial charge in [0.25, 0.3) is 5.91 Å². The topological polar surface area (TPSA) is 32.8 Å². The fourth-order valence-electron chi connectivity index (χ4n) is 4.53. The van der Waals surface area contributed by atoms with Crippen molar-refractivity contribution in [1.29, 1.82) is 0 Å². The van der Waals surface area contributed by atoms with Crippen molar-refractivity contribution >= 4 is 41.5 Å². The number of rotatable bonds is 4. The van der Waals surface area contributed by atoms with E-state index in [1.54, 1.807) is 0 Å². The van der Waals surface area contributed by atoms with Crippen molar-refractivity contribution < 1.29 is 9.53 Å². The molecule has 0 bridgehead atoms. The van der Waals surface area contributed by atoms with Crippen LogP contribution < -0.4 is 4.74 Å². The zero-order valence-electron chi connectivity index (χ0n) is 18.2. The highest BCUT2D eigenvalue weighted by molar-refractivity contribution is 5.99. The lowest BCUT2D eigenvalue weighted by Gasteiger charge is -2.34. The van der Waals surface area contributed by atoms with Crippen molar-refractivity contribution in [2.75, 3.05) is 19.6 Å². The summed E-state index contributed by atoms with van der Waals surface area (Å²) in [5.41, 5.74) is 0.788. The molecule has 0 aliphatic carbocycles. The third-order valence-corrected chi connectivity index (χ3v) is 6.38. The highest BCUT2D eigenvalue weighted by Gasteiger charge is 2.26. The lowest BCUT2D eigenvalue weighted by Crippen LogP contribution is -2.41. The average molecular weight is 453 g/mol. The molecule has 2 aromatic carbocycles. The largest absolute Gasteiger partial charge is 0.490 e. The van der Waals surface area contributed by atoms with Gasteiger partial charge in [0.05, 0.1) is 0 Å². The van der Waals surface area contributed by atoms with Gasteiger partial charge in [-0.15, -0.1) is 24.8 Å². The van der Waals surface area contributed by atoms with Crippen LogP contribution in [0.25, 0.3) is 10.8 Å². The van der Waals surface area contributed by atoms with Crippen molar-refractivity contribution in [3.8, 4) is 5.75 Å². The van der Waals surface area contributed by atoms with Gasteiger partial charge >= 0.3 is 0 Å². The number of hydrogen-bond acceptors (Lipinski definition) is 3. The molecule has 4 nitrogen and oxygen atoms in total. The van der Waals surface area contributed by atoms with Crippen LogP contribution in [0.2, 0.25) is 0 Å². The summed E-state index contributed by atoms with van der Waals surface area (Å²) < 4.78 is 6.26. The van der Waals surface area contributed by atoms with Crippen LogP contribution in [0, 0.1) is 0 Å². The van der Waals surface area contributed by atoms with Crippen LogP contribution in [0.5, 0.6) is 5.75 Å². The maximum absolute atomic E-state index is 12.8. The molecule has 30 heavy (non-hydrogen) atoms. The Morgan fingerprint density at radius 1 is 0.967 bits per heavy atom. The molecule has 2 aliphatic heterocycles.